The fraction of sp³-hybridized carbons (Fsp3) is 0.148. The fourth-order valence-corrected chi connectivity index (χ4v) is 4.31. The number of primary sulfonamides is 1. The first-order valence-corrected chi connectivity index (χ1v) is 12.6. The first-order chi connectivity index (χ1) is 16.8. The maximum absolute atomic E-state index is 12.6. The van der Waals surface area contributed by atoms with Crippen LogP contribution in [0, 0.1) is 0 Å². The van der Waals surface area contributed by atoms with E-state index in [1.54, 1.807) is 18.4 Å². The minimum Gasteiger partial charge on any atom is -0.493 e. The van der Waals surface area contributed by atoms with Crippen molar-refractivity contribution in [3.8, 4) is 16.9 Å². The molecule has 1 heterocycles. The van der Waals surface area contributed by atoms with E-state index < -0.39 is 10.0 Å². The number of sulfonamides is 1. The molecule has 0 aliphatic heterocycles. The molecule has 4 rings (SSSR count). The number of amides is 1. The lowest BCUT2D eigenvalue weighted by atomic mass is 9.99. The molecule has 0 radical (unpaired) electrons. The lowest BCUT2D eigenvalue weighted by Gasteiger charge is -2.12. The van der Waals surface area contributed by atoms with Crippen molar-refractivity contribution in [2.75, 3.05) is 6.61 Å². The third kappa shape index (κ3) is 5.62. The highest BCUT2D eigenvalue weighted by molar-refractivity contribution is 7.89. The van der Waals surface area contributed by atoms with Gasteiger partial charge in [0, 0.05) is 35.2 Å². The van der Waals surface area contributed by atoms with Gasteiger partial charge >= 0.3 is 0 Å². The van der Waals surface area contributed by atoms with Gasteiger partial charge in [-0.25, -0.2) is 13.6 Å². The zero-order chi connectivity index (χ0) is 25.0. The monoisotopic (exact) mass is 490 g/mol. The van der Waals surface area contributed by atoms with Gasteiger partial charge < -0.3 is 14.5 Å². The summed E-state index contributed by atoms with van der Waals surface area (Å²) in [5.74, 6) is 0.352. The van der Waals surface area contributed by atoms with Crippen LogP contribution in [0.1, 0.15) is 25.0 Å². The lowest BCUT2D eigenvalue weighted by Crippen LogP contribution is -2.20. The first kappa shape index (κ1) is 24.3. The predicted molar refractivity (Wildman–Crippen MR) is 136 cm³/mol. The second-order valence-electron chi connectivity index (χ2n) is 8.03. The number of furan rings is 1. The number of hydrogen-bond acceptors (Lipinski definition) is 5. The van der Waals surface area contributed by atoms with Crippen LogP contribution in [0.15, 0.2) is 88.4 Å². The van der Waals surface area contributed by atoms with E-state index in [1.165, 1.54) is 18.2 Å². The van der Waals surface area contributed by atoms with E-state index in [2.05, 4.69) is 5.32 Å². The van der Waals surface area contributed by atoms with Crippen LogP contribution in [0.25, 0.3) is 27.7 Å². The van der Waals surface area contributed by atoms with Crippen LogP contribution < -0.4 is 15.2 Å². The van der Waals surface area contributed by atoms with Crippen LogP contribution in [-0.4, -0.2) is 20.9 Å². The Morgan fingerprint density at radius 3 is 2.46 bits per heavy atom. The second-order valence-corrected chi connectivity index (χ2v) is 9.59. The molecule has 0 saturated heterocycles. The SMILES string of the molecule is CCOc1cc2occ(-c3ccccc3)c2cc1/C(C)=C/C(=O)NCc1ccc(S(N)(=O)=O)cc1. The van der Waals surface area contributed by atoms with Crippen LogP contribution >= 0.6 is 0 Å². The second kappa shape index (κ2) is 10.2. The maximum atomic E-state index is 12.6. The van der Waals surface area contributed by atoms with Crippen LogP contribution in [0.5, 0.6) is 5.75 Å². The number of carbonyl (C=O) groups is 1. The van der Waals surface area contributed by atoms with Crippen molar-refractivity contribution in [1.82, 2.24) is 5.32 Å². The molecule has 8 heteroatoms. The zero-order valence-electron chi connectivity index (χ0n) is 19.4. The molecule has 3 N–H and O–H groups in total. The summed E-state index contributed by atoms with van der Waals surface area (Å²) in [6.45, 7) is 4.47. The molecule has 0 saturated carbocycles. The van der Waals surface area contributed by atoms with Gasteiger partial charge in [-0.05, 0) is 48.7 Å². The Kier molecular flexibility index (Phi) is 7.04. The Bertz CT molecular complexity index is 1490. The third-order valence-corrected chi connectivity index (χ3v) is 6.48. The molecule has 3 aromatic carbocycles. The largest absolute Gasteiger partial charge is 0.493 e. The van der Waals surface area contributed by atoms with Gasteiger partial charge in [-0.2, -0.15) is 0 Å². The molecule has 7 nitrogen and oxygen atoms in total. The Balaban J connectivity index is 1.58. The Hall–Kier alpha value is -3.88. The summed E-state index contributed by atoms with van der Waals surface area (Å²) in [4.78, 5) is 12.7. The maximum Gasteiger partial charge on any atom is 0.244 e. The lowest BCUT2D eigenvalue weighted by molar-refractivity contribution is -0.116. The molecule has 0 aliphatic rings. The van der Waals surface area contributed by atoms with Crippen molar-refractivity contribution in [2.45, 2.75) is 25.3 Å². The first-order valence-electron chi connectivity index (χ1n) is 11.1. The molecule has 0 atom stereocenters. The van der Waals surface area contributed by atoms with E-state index in [4.69, 9.17) is 14.3 Å². The highest BCUT2D eigenvalue weighted by atomic mass is 32.2. The summed E-state index contributed by atoms with van der Waals surface area (Å²) in [6.07, 6.45) is 3.25. The quantitative estimate of drug-likeness (QED) is 0.343. The van der Waals surface area contributed by atoms with E-state index in [-0.39, 0.29) is 17.3 Å². The molecular weight excluding hydrogens is 464 g/mol. The number of rotatable bonds is 8. The molecule has 0 bridgehead atoms. The van der Waals surface area contributed by atoms with Gasteiger partial charge in [0.15, 0.2) is 0 Å². The van der Waals surface area contributed by atoms with Crippen molar-refractivity contribution in [2.24, 2.45) is 5.14 Å². The number of allylic oxidation sites excluding steroid dienone is 1. The minimum atomic E-state index is -3.75. The third-order valence-electron chi connectivity index (χ3n) is 5.55. The van der Waals surface area contributed by atoms with Crippen molar-refractivity contribution in [3.05, 3.63) is 90.2 Å². The molecule has 180 valence electrons. The number of ether oxygens (including phenoxy) is 1. The Morgan fingerprint density at radius 2 is 1.80 bits per heavy atom. The van der Waals surface area contributed by atoms with E-state index >= 15 is 0 Å². The standard InChI is InChI=1S/C27H26N2O5S/c1-3-33-25-15-26-23(24(17-34-26)20-7-5-4-6-8-20)14-22(25)18(2)13-27(30)29-16-19-9-11-21(12-10-19)35(28,31)32/h4-15,17H,3,16H2,1-2H3,(H,29,30)(H2,28,31,32)/b18-13+. The number of fused-ring (bicyclic) bond motifs is 1. The Morgan fingerprint density at radius 1 is 1.09 bits per heavy atom. The van der Waals surface area contributed by atoms with Crippen molar-refractivity contribution in [1.29, 1.82) is 0 Å². The topological polar surface area (TPSA) is 112 Å². The van der Waals surface area contributed by atoms with E-state index in [1.807, 2.05) is 56.3 Å². The average Bonchev–Trinajstić information content (AvgIpc) is 3.25. The highest BCUT2D eigenvalue weighted by Crippen LogP contribution is 2.37. The van der Waals surface area contributed by atoms with Crippen molar-refractivity contribution >= 4 is 32.5 Å². The predicted octanol–water partition coefficient (Wildman–Crippen LogP) is 4.87. The van der Waals surface area contributed by atoms with Gasteiger partial charge in [0.1, 0.15) is 11.3 Å². The number of nitrogens with two attached hydrogens (primary N) is 1. The van der Waals surface area contributed by atoms with E-state index in [0.717, 1.165) is 33.2 Å². The minimum absolute atomic E-state index is 0.0243. The smallest absolute Gasteiger partial charge is 0.244 e. The molecule has 0 aliphatic carbocycles. The number of carbonyl (C=O) groups excluding carboxylic acids is 1. The normalized spacial score (nSPS) is 12.0. The average molecular weight is 491 g/mol. The van der Waals surface area contributed by atoms with Gasteiger partial charge in [0.25, 0.3) is 0 Å². The molecule has 0 spiro atoms. The molecular formula is C27H26N2O5S. The molecule has 0 unspecified atom stereocenters. The van der Waals surface area contributed by atoms with Gasteiger partial charge in [0.05, 0.1) is 17.8 Å². The molecule has 1 amide bonds. The van der Waals surface area contributed by atoms with Gasteiger partial charge in [0.2, 0.25) is 15.9 Å². The number of benzene rings is 3. The summed E-state index contributed by atoms with van der Waals surface area (Å²) < 4.78 is 34.4. The number of nitrogens with one attached hydrogen (secondary N) is 1. The summed E-state index contributed by atoms with van der Waals surface area (Å²) in [7, 11) is -3.75. The summed E-state index contributed by atoms with van der Waals surface area (Å²) in [5, 5.41) is 8.87. The van der Waals surface area contributed by atoms with Crippen LogP contribution in [-0.2, 0) is 21.4 Å². The molecule has 35 heavy (non-hydrogen) atoms. The van der Waals surface area contributed by atoms with Crippen molar-refractivity contribution < 1.29 is 22.4 Å². The molecule has 4 aromatic rings. The van der Waals surface area contributed by atoms with Crippen molar-refractivity contribution in [3.63, 3.8) is 0 Å². The zero-order valence-corrected chi connectivity index (χ0v) is 20.3. The van der Waals surface area contributed by atoms with Gasteiger partial charge in [-0.15, -0.1) is 0 Å². The van der Waals surface area contributed by atoms with E-state index in [0.29, 0.717) is 17.9 Å². The Labute approximate surface area is 204 Å². The number of hydrogen-bond donors (Lipinski definition) is 2. The van der Waals surface area contributed by atoms with Gasteiger partial charge in [-0.3, -0.25) is 4.79 Å². The summed E-state index contributed by atoms with van der Waals surface area (Å²) >= 11 is 0. The van der Waals surface area contributed by atoms with Gasteiger partial charge in [-0.1, -0.05) is 42.5 Å². The highest BCUT2D eigenvalue weighted by Gasteiger charge is 2.15. The van der Waals surface area contributed by atoms with Crippen LogP contribution in [0.2, 0.25) is 0 Å². The molecule has 1 aromatic heterocycles. The summed E-state index contributed by atoms with van der Waals surface area (Å²) in [6, 6.07) is 19.8. The fourth-order valence-electron chi connectivity index (χ4n) is 3.79. The summed E-state index contributed by atoms with van der Waals surface area (Å²) in [5.41, 5.74) is 4.98. The molecule has 0 fully saturated rings. The van der Waals surface area contributed by atoms with Crippen LogP contribution in [0.3, 0.4) is 0 Å². The van der Waals surface area contributed by atoms with E-state index in [9.17, 15) is 13.2 Å². The van der Waals surface area contributed by atoms with Crippen LogP contribution in [0.4, 0.5) is 0 Å².